The molecule has 0 fully saturated rings. The Labute approximate surface area is 107 Å². The molecule has 0 aliphatic rings. The van der Waals surface area contributed by atoms with Gasteiger partial charge in [-0.3, -0.25) is 4.79 Å². The van der Waals surface area contributed by atoms with E-state index in [-0.39, 0.29) is 18.2 Å². The van der Waals surface area contributed by atoms with Crippen molar-refractivity contribution in [3.8, 4) is 0 Å². The lowest BCUT2D eigenvalue weighted by Gasteiger charge is -2.16. The van der Waals surface area contributed by atoms with Gasteiger partial charge >= 0.3 is 0 Å². The molecule has 0 aliphatic heterocycles. The zero-order valence-electron chi connectivity index (χ0n) is 10.4. The standard InChI is InChI=1S/C11H17N3O3S/c1-13-11(15)7-14(2)18(16,17)8-9-4-3-5-10(12)6-9/h3-6H,7-8,12H2,1-2H3,(H,13,15). The van der Waals surface area contributed by atoms with Crippen LogP contribution in [-0.4, -0.2) is 39.3 Å². The Kier molecular flexibility index (Phi) is 4.69. The molecule has 7 heteroatoms. The van der Waals surface area contributed by atoms with Crippen LogP contribution in [0, 0.1) is 0 Å². The molecule has 0 spiro atoms. The number of nitrogen functional groups attached to an aromatic ring is 1. The third-order valence-electron chi connectivity index (χ3n) is 2.42. The molecule has 3 N–H and O–H groups in total. The zero-order chi connectivity index (χ0) is 13.8. The van der Waals surface area contributed by atoms with Crippen LogP contribution in [0.1, 0.15) is 5.56 Å². The van der Waals surface area contributed by atoms with Gasteiger partial charge in [0.15, 0.2) is 0 Å². The van der Waals surface area contributed by atoms with E-state index in [4.69, 9.17) is 5.73 Å². The molecule has 1 aromatic rings. The van der Waals surface area contributed by atoms with Crippen LogP contribution in [0.2, 0.25) is 0 Å². The minimum atomic E-state index is -3.52. The number of carbonyl (C=O) groups excluding carboxylic acids is 1. The number of likely N-dealkylation sites (N-methyl/N-ethyl adjacent to an activating group) is 2. The van der Waals surface area contributed by atoms with Crippen molar-refractivity contribution in [1.29, 1.82) is 0 Å². The molecule has 0 heterocycles. The van der Waals surface area contributed by atoms with Gasteiger partial charge in [0.2, 0.25) is 15.9 Å². The minimum Gasteiger partial charge on any atom is -0.399 e. The fourth-order valence-corrected chi connectivity index (χ4v) is 2.52. The van der Waals surface area contributed by atoms with Crippen molar-refractivity contribution >= 4 is 21.6 Å². The largest absolute Gasteiger partial charge is 0.399 e. The van der Waals surface area contributed by atoms with Gasteiger partial charge in [-0.2, -0.15) is 4.31 Å². The fourth-order valence-electron chi connectivity index (χ4n) is 1.38. The highest BCUT2D eigenvalue weighted by atomic mass is 32.2. The van der Waals surface area contributed by atoms with Crippen molar-refractivity contribution in [2.75, 3.05) is 26.4 Å². The summed E-state index contributed by atoms with van der Waals surface area (Å²) in [6, 6.07) is 6.66. The van der Waals surface area contributed by atoms with Gasteiger partial charge in [0, 0.05) is 19.8 Å². The molecule has 0 saturated carbocycles. The predicted octanol–water partition coefficient (Wildman–Crippen LogP) is -0.224. The maximum atomic E-state index is 12.0. The summed E-state index contributed by atoms with van der Waals surface area (Å²) in [5, 5.41) is 2.38. The second kappa shape index (κ2) is 5.83. The average molecular weight is 271 g/mol. The summed E-state index contributed by atoms with van der Waals surface area (Å²) in [5.74, 6) is -0.528. The number of hydrogen-bond donors (Lipinski definition) is 2. The molecular formula is C11H17N3O3S. The average Bonchev–Trinajstić information content (AvgIpc) is 2.28. The highest BCUT2D eigenvalue weighted by Gasteiger charge is 2.20. The summed E-state index contributed by atoms with van der Waals surface area (Å²) in [6.07, 6.45) is 0. The normalized spacial score (nSPS) is 11.5. The third-order valence-corrected chi connectivity index (χ3v) is 4.20. The van der Waals surface area contributed by atoms with Crippen LogP contribution >= 0.6 is 0 Å². The summed E-state index contributed by atoms with van der Waals surface area (Å²) < 4.78 is 25.0. The van der Waals surface area contributed by atoms with Gasteiger partial charge in [-0.05, 0) is 17.7 Å². The number of nitrogens with one attached hydrogen (secondary N) is 1. The number of hydrogen-bond acceptors (Lipinski definition) is 4. The predicted molar refractivity (Wildman–Crippen MR) is 70.2 cm³/mol. The number of nitrogens with zero attached hydrogens (tertiary/aromatic N) is 1. The number of rotatable bonds is 5. The van der Waals surface area contributed by atoms with Crippen LogP contribution < -0.4 is 11.1 Å². The first kappa shape index (κ1) is 14.5. The van der Waals surface area contributed by atoms with Crippen LogP contribution in [-0.2, 0) is 20.6 Å². The van der Waals surface area contributed by atoms with E-state index in [0.29, 0.717) is 11.3 Å². The zero-order valence-corrected chi connectivity index (χ0v) is 11.2. The van der Waals surface area contributed by atoms with E-state index in [0.717, 1.165) is 4.31 Å². The third kappa shape index (κ3) is 4.01. The first-order valence-electron chi connectivity index (χ1n) is 5.34. The summed E-state index contributed by atoms with van der Waals surface area (Å²) in [7, 11) is -0.687. The van der Waals surface area contributed by atoms with Gasteiger partial charge < -0.3 is 11.1 Å². The molecule has 0 saturated heterocycles. The Balaban J connectivity index is 2.78. The van der Waals surface area contributed by atoms with E-state index in [9.17, 15) is 13.2 Å². The number of carbonyl (C=O) groups is 1. The van der Waals surface area contributed by atoms with E-state index in [1.165, 1.54) is 14.1 Å². The van der Waals surface area contributed by atoms with Crippen molar-refractivity contribution in [3.05, 3.63) is 29.8 Å². The first-order chi connectivity index (χ1) is 8.35. The Morgan fingerprint density at radius 1 is 1.44 bits per heavy atom. The second-order valence-electron chi connectivity index (χ2n) is 3.93. The summed E-state index contributed by atoms with van der Waals surface area (Å²) in [6.45, 7) is -0.193. The Hall–Kier alpha value is -1.60. The Morgan fingerprint density at radius 3 is 2.67 bits per heavy atom. The molecule has 0 aromatic heterocycles. The van der Waals surface area contributed by atoms with Gasteiger partial charge in [-0.25, -0.2) is 8.42 Å². The molecule has 100 valence electrons. The smallest absolute Gasteiger partial charge is 0.235 e. The summed E-state index contributed by atoms with van der Waals surface area (Å²) >= 11 is 0. The molecule has 0 aliphatic carbocycles. The maximum Gasteiger partial charge on any atom is 0.235 e. The van der Waals surface area contributed by atoms with Crippen molar-refractivity contribution in [3.63, 3.8) is 0 Å². The number of sulfonamides is 1. The topological polar surface area (TPSA) is 92.5 Å². The molecule has 1 aromatic carbocycles. The molecule has 0 bridgehead atoms. The van der Waals surface area contributed by atoms with Gasteiger partial charge in [-0.1, -0.05) is 12.1 Å². The Morgan fingerprint density at radius 2 is 2.11 bits per heavy atom. The van der Waals surface area contributed by atoms with Crippen LogP contribution in [0.3, 0.4) is 0 Å². The quantitative estimate of drug-likeness (QED) is 0.724. The number of amides is 1. The van der Waals surface area contributed by atoms with Crippen LogP contribution in [0.4, 0.5) is 5.69 Å². The van der Waals surface area contributed by atoms with Gasteiger partial charge in [0.25, 0.3) is 0 Å². The van der Waals surface area contributed by atoms with E-state index in [1.54, 1.807) is 24.3 Å². The Bertz CT molecular complexity index is 528. The van der Waals surface area contributed by atoms with E-state index in [1.807, 2.05) is 0 Å². The molecule has 1 amide bonds. The van der Waals surface area contributed by atoms with Crippen LogP contribution in [0.5, 0.6) is 0 Å². The second-order valence-corrected chi connectivity index (χ2v) is 6.01. The highest BCUT2D eigenvalue weighted by Crippen LogP contribution is 2.12. The molecule has 1 rings (SSSR count). The summed E-state index contributed by atoms with van der Waals surface area (Å²) in [4.78, 5) is 11.1. The van der Waals surface area contributed by atoms with Crippen LogP contribution in [0.25, 0.3) is 0 Å². The lowest BCUT2D eigenvalue weighted by Crippen LogP contribution is -2.37. The van der Waals surface area contributed by atoms with Crippen LogP contribution in [0.15, 0.2) is 24.3 Å². The van der Waals surface area contributed by atoms with Crippen molar-refractivity contribution < 1.29 is 13.2 Å². The number of anilines is 1. The van der Waals surface area contributed by atoms with E-state index >= 15 is 0 Å². The lowest BCUT2D eigenvalue weighted by molar-refractivity contribution is -0.120. The number of nitrogens with two attached hydrogens (primary N) is 1. The maximum absolute atomic E-state index is 12.0. The van der Waals surface area contributed by atoms with Gasteiger partial charge in [0.1, 0.15) is 0 Å². The van der Waals surface area contributed by atoms with Crippen molar-refractivity contribution in [2.45, 2.75) is 5.75 Å². The first-order valence-corrected chi connectivity index (χ1v) is 6.95. The molecular weight excluding hydrogens is 254 g/mol. The minimum absolute atomic E-state index is 0.175. The summed E-state index contributed by atoms with van der Waals surface area (Å²) in [5.41, 5.74) is 6.69. The van der Waals surface area contributed by atoms with Gasteiger partial charge in [0.05, 0.1) is 12.3 Å². The van der Waals surface area contributed by atoms with Crippen molar-refractivity contribution in [2.24, 2.45) is 0 Å². The monoisotopic (exact) mass is 271 g/mol. The molecule has 0 atom stereocenters. The van der Waals surface area contributed by atoms with E-state index < -0.39 is 10.0 Å². The fraction of sp³-hybridized carbons (Fsp3) is 0.364. The van der Waals surface area contributed by atoms with Gasteiger partial charge in [-0.15, -0.1) is 0 Å². The highest BCUT2D eigenvalue weighted by molar-refractivity contribution is 7.88. The lowest BCUT2D eigenvalue weighted by atomic mass is 10.2. The molecule has 0 radical (unpaired) electrons. The van der Waals surface area contributed by atoms with Crippen molar-refractivity contribution in [1.82, 2.24) is 9.62 Å². The molecule has 18 heavy (non-hydrogen) atoms. The molecule has 0 unspecified atom stereocenters. The SMILES string of the molecule is CNC(=O)CN(C)S(=O)(=O)Cc1cccc(N)c1. The number of benzene rings is 1. The molecule has 6 nitrogen and oxygen atoms in total. The van der Waals surface area contributed by atoms with E-state index in [2.05, 4.69) is 5.32 Å².